The zero-order chi connectivity index (χ0) is 22.9. The van der Waals surface area contributed by atoms with Crippen molar-refractivity contribution in [3.8, 4) is 0 Å². The van der Waals surface area contributed by atoms with E-state index in [0.717, 1.165) is 23.2 Å². The van der Waals surface area contributed by atoms with Crippen molar-refractivity contribution in [2.45, 2.75) is 13.0 Å². The first-order chi connectivity index (χ1) is 15.2. The lowest BCUT2D eigenvalue weighted by molar-refractivity contribution is -0.115. The molecule has 1 amide bonds. The van der Waals surface area contributed by atoms with Gasteiger partial charge in [-0.05, 0) is 51.8 Å². The van der Waals surface area contributed by atoms with Gasteiger partial charge in [0.15, 0.2) is 5.82 Å². The van der Waals surface area contributed by atoms with E-state index in [9.17, 15) is 18.0 Å². The molecule has 166 valence electrons. The zero-order valence-corrected chi connectivity index (χ0v) is 19.3. The molecule has 0 aliphatic carbocycles. The van der Waals surface area contributed by atoms with Crippen LogP contribution < -0.4 is 21.5 Å². The molecule has 12 heteroatoms. The fourth-order valence-corrected chi connectivity index (χ4v) is 3.97. The molecule has 0 unspecified atom stereocenters. The summed E-state index contributed by atoms with van der Waals surface area (Å²) >= 11 is 3.37. The van der Waals surface area contributed by atoms with Crippen molar-refractivity contribution >= 4 is 60.5 Å². The van der Waals surface area contributed by atoms with Gasteiger partial charge < -0.3 is 20.5 Å². The average Bonchev–Trinajstić information content (AvgIpc) is 3.09. The Bertz CT molecular complexity index is 1370. The summed E-state index contributed by atoms with van der Waals surface area (Å²) in [6.45, 7) is 0.0562. The lowest BCUT2D eigenvalue weighted by Crippen LogP contribution is -2.25. The van der Waals surface area contributed by atoms with E-state index in [1.165, 1.54) is 10.8 Å². The average molecular weight is 519 g/mol. The van der Waals surface area contributed by atoms with Gasteiger partial charge in [0.25, 0.3) is 5.56 Å². The Hall–Kier alpha value is -3.25. The van der Waals surface area contributed by atoms with Crippen LogP contribution in [0.4, 0.5) is 28.8 Å². The largest absolute Gasteiger partial charge is 0.335 e. The summed E-state index contributed by atoms with van der Waals surface area (Å²) in [6.07, 6.45) is 4.52. The number of fused-ring (bicyclic) bond motifs is 1. The van der Waals surface area contributed by atoms with E-state index >= 15 is 0 Å². The number of pyridine rings is 1. The van der Waals surface area contributed by atoms with Crippen molar-refractivity contribution in [2.24, 2.45) is 0 Å². The Kier molecular flexibility index (Phi) is 5.98. The van der Waals surface area contributed by atoms with Gasteiger partial charge in [0.1, 0.15) is 15.5 Å². The lowest BCUT2D eigenvalue weighted by Gasteiger charge is -2.12. The maximum absolute atomic E-state index is 12.7. The van der Waals surface area contributed by atoms with Gasteiger partial charge in [-0.2, -0.15) is 4.98 Å². The van der Waals surface area contributed by atoms with Crippen LogP contribution in [0.15, 0.2) is 52.0 Å². The number of halogens is 1. The van der Waals surface area contributed by atoms with E-state index in [0.29, 0.717) is 22.7 Å². The van der Waals surface area contributed by atoms with Crippen molar-refractivity contribution in [2.75, 3.05) is 28.0 Å². The lowest BCUT2D eigenvalue weighted by atomic mass is 10.1. The molecule has 32 heavy (non-hydrogen) atoms. The Balaban J connectivity index is 1.55. The van der Waals surface area contributed by atoms with E-state index < -0.39 is 9.84 Å². The van der Waals surface area contributed by atoms with E-state index in [1.807, 2.05) is 12.1 Å². The van der Waals surface area contributed by atoms with Gasteiger partial charge in [-0.1, -0.05) is 0 Å². The molecule has 1 aromatic carbocycles. The van der Waals surface area contributed by atoms with Gasteiger partial charge in [0.2, 0.25) is 11.9 Å². The number of carbonyl (C=O) groups excluding carboxylic acids is 1. The first kappa shape index (κ1) is 22.0. The Morgan fingerprint density at radius 1 is 1.22 bits per heavy atom. The molecular formula is C20H19BrN6O4S. The number of hydrogen-bond donors (Lipinski definition) is 3. The number of carbonyl (C=O) groups is 1. The minimum atomic E-state index is -3.20. The van der Waals surface area contributed by atoms with Crippen molar-refractivity contribution in [3.05, 3.63) is 63.1 Å². The van der Waals surface area contributed by atoms with Gasteiger partial charge in [-0.3, -0.25) is 9.59 Å². The highest BCUT2D eigenvalue weighted by atomic mass is 79.9. The number of anilines is 5. The first-order valence-corrected chi connectivity index (χ1v) is 12.4. The van der Waals surface area contributed by atoms with Crippen LogP contribution in [0.1, 0.15) is 5.56 Å². The molecule has 10 nitrogen and oxygen atoms in total. The third-order valence-corrected chi connectivity index (χ3v) is 6.21. The predicted octanol–water partition coefficient (Wildman–Crippen LogP) is 2.43. The third kappa shape index (κ3) is 5.14. The van der Waals surface area contributed by atoms with E-state index in [2.05, 4.69) is 41.8 Å². The SMILES string of the molecule is CS(=O)(=O)CCn1cccc(Nc2nc(Nc3ccc4c(c3)CC(=O)N4)ncc2Br)c1=O. The zero-order valence-electron chi connectivity index (χ0n) is 16.9. The van der Waals surface area contributed by atoms with E-state index in [1.54, 1.807) is 24.4 Å². The molecular weight excluding hydrogens is 500 g/mol. The van der Waals surface area contributed by atoms with Crippen LogP contribution in [0.25, 0.3) is 0 Å². The summed E-state index contributed by atoms with van der Waals surface area (Å²) in [7, 11) is -3.20. The van der Waals surface area contributed by atoms with Crippen molar-refractivity contribution in [1.29, 1.82) is 0 Å². The summed E-state index contributed by atoms with van der Waals surface area (Å²) in [5, 5.41) is 8.85. The van der Waals surface area contributed by atoms with Crippen LogP contribution >= 0.6 is 15.9 Å². The fraction of sp³-hybridized carbons (Fsp3) is 0.200. The summed E-state index contributed by atoms with van der Waals surface area (Å²) < 4.78 is 24.7. The molecule has 1 aliphatic rings. The van der Waals surface area contributed by atoms with Crippen molar-refractivity contribution < 1.29 is 13.2 Å². The van der Waals surface area contributed by atoms with Crippen LogP contribution in [0.3, 0.4) is 0 Å². The number of sulfone groups is 1. The number of nitrogens with one attached hydrogen (secondary N) is 3. The predicted molar refractivity (Wildman–Crippen MR) is 125 cm³/mol. The Morgan fingerprint density at radius 3 is 2.81 bits per heavy atom. The highest BCUT2D eigenvalue weighted by Crippen LogP contribution is 2.28. The van der Waals surface area contributed by atoms with Gasteiger partial charge in [0.05, 0.1) is 16.6 Å². The molecule has 2 aromatic heterocycles. The van der Waals surface area contributed by atoms with Gasteiger partial charge in [-0.25, -0.2) is 13.4 Å². The normalized spacial score (nSPS) is 12.9. The topological polar surface area (TPSA) is 135 Å². The van der Waals surface area contributed by atoms with Crippen LogP contribution in [0.5, 0.6) is 0 Å². The number of hydrogen-bond acceptors (Lipinski definition) is 8. The molecule has 0 bridgehead atoms. The van der Waals surface area contributed by atoms with E-state index in [-0.39, 0.29) is 29.5 Å². The summed E-state index contributed by atoms with van der Waals surface area (Å²) in [5.41, 5.74) is 2.27. The number of benzene rings is 1. The molecule has 0 radical (unpaired) electrons. The third-order valence-electron chi connectivity index (χ3n) is 4.71. The molecule has 0 spiro atoms. The molecule has 0 saturated heterocycles. The Labute approximate surface area is 192 Å². The quantitative estimate of drug-likeness (QED) is 0.433. The first-order valence-electron chi connectivity index (χ1n) is 9.54. The molecule has 1 aliphatic heterocycles. The number of rotatable bonds is 7. The van der Waals surface area contributed by atoms with Crippen LogP contribution in [0, 0.1) is 0 Å². The summed E-state index contributed by atoms with van der Waals surface area (Å²) in [5.74, 6) is 0.470. The van der Waals surface area contributed by atoms with Gasteiger partial charge in [-0.15, -0.1) is 0 Å². The van der Waals surface area contributed by atoms with Crippen LogP contribution in [-0.2, 0) is 27.6 Å². The minimum Gasteiger partial charge on any atom is -0.335 e. The molecule has 3 heterocycles. The van der Waals surface area contributed by atoms with Crippen molar-refractivity contribution in [3.63, 3.8) is 0 Å². The Morgan fingerprint density at radius 2 is 2.03 bits per heavy atom. The molecule has 0 fully saturated rings. The minimum absolute atomic E-state index is 0.0476. The molecule has 0 saturated carbocycles. The van der Waals surface area contributed by atoms with Crippen molar-refractivity contribution in [1.82, 2.24) is 14.5 Å². The maximum Gasteiger partial charge on any atom is 0.274 e. The fourth-order valence-electron chi connectivity index (χ4n) is 3.15. The second kappa shape index (κ2) is 8.71. The number of amides is 1. The maximum atomic E-state index is 12.7. The molecule has 0 atom stereocenters. The molecule has 3 aromatic rings. The monoisotopic (exact) mass is 518 g/mol. The van der Waals surface area contributed by atoms with Gasteiger partial charge in [0, 0.05) is 36.6 Å². The highest BCUT2D eigenvalue weighted by Gasteiger charge is 2.18. The summed E-state index contributed by atoms with van der Waals surface area (Å²) in [6, 6.07) is 8.71. The van der Waals surface area contributed by atoms with E-state index in [4.69, 9.17) is 0 Å². The second-order valence-electron chi connectivity index (χ2n) is 7.29. The number of aryl methyl sites for hydroxylation is 1. The standard InChI is InChI=1S/C20H19BrN6O4S/c1-32(30,31)8-7-27-6-2-3-16(19(27)29)25-18-14(21)11-22-20(26-18)23-13-4-5-15-12(9-13)10-17(28)24-15/h2-6,9,11H,7-8,10H2,1H3,(H,24,28)(H2,22,23,25,26). The van der Waals surface area contributed by atoms with Crippen LogP contribution in [-0.4, -0.2) is 40.9 Å². The number of nitrogens with zero attached hydrogens (tertiary/aromatic N) is 3. The highest BCUT2D eigenvalue weighted by molar-refractivity contribution is 9.10. The second-order valence-corrected chi connectivity index (χ2v) is 10.4. The summed E-state index contributed by atoms with van der Waals surface area (Å²) in [4.78, 5) is 32.9. The molecule has 4 rings (SSSR count). The smallest absolute Gasteiger partial charge is 0.274 e. The molecule has 3 N–H and O–H groups in total. The number of aromatic nitrogens is 3. The van der Waals surface area contributed by atoms with Gasteiger partial charge >= 0.3 is 0 Å². The van der Waals surface area contributed by atoms with Crippen LogP contribution in [0.2, 0.25) is 0 Å².